The van der Waals surface area contributed by atoms with Crippen LogP contribution in [0.1, 0.15) is 42.7 Å². The minimum absolute atomic E-state index is 0.00381. The van der Waals surface area contributed by atoms with Crippen molar-refractivity contribution in [2.75, 3.05) is 5.32 Å². The Labute approximate surface area is 223 Å². The zero-order valence-corrected chi connectivity index (χ0v) is 21.8. The number of rotatable bonds is 8. The van der Waals surface area contributed by atoms with Crippen LogP contribution < -0.4 is 15.8 Å². The normalized spacial score (nSPS) is 11.3. The Morgan fingerprint density at radius 3 is 2.61 bits per heavy atom. The van der Waals surface area contributed by atoms with E-state index in [2.05, 4.69) is 15.4 Å². The van der Waals surface area contributed by atoms with Gasteiger partial charge in [0.2, 0.25) is 0 Å². The Morgan fingerprint density at radius 1 is 1.13 bits per heavy atom. The topological polar surface area (TPSA) is 112 Å². The summed E-state index contributed by atoms with van der Waals surface area (Å²) in [5.74, 6) is -0.725. The van der Waals surface area contributed by atoms with Crippen molar-refractivity contribution >= 4 is 50.4 Å². The fraction of sp³-hybridized carbons (Fsp3) is 0.154. The van der Waals surface area contributed by atoms with Crippen LogP contribution in [-0.4, -0.2) is 26.6 Å². The lowest BCUT2D eigenvalue weighted by atomic mass is 10.1. The number of halogens is 2. The summed E-state index contributed by atoms with van der Waals surface area (Å²) in [6.07, 6.45) is -1.23. The maximum absolute atomic E-state index is 13.7. The molecule has 12 heteroatoms. The number of hydrogen-bond donors (Lipinski definition) is 2. The Bertz CT molecular complexity index is 1670. The van der Waals surface area contributed by atoms with Crippen LogP contribution in [0.3, 0.4) is 0 Å². The standard InChI is InChI=1S/C26H21F2N5O3S2/c1-13-5-3-4-6-18(13)36-12-33-10-9-16(32-33)25(35)31-21-20-15(19-8-7-14(2)37-19)11-17(23(27)28)30-26(20)38-22(21)24(29)34/h3-11,23H,12H2,1-2H3,(H2,29,34)(H,31,35). The molecular formula is C26H21F2N5O3S2. The monoisotopic (exact) mass is 553 g/mol. The van der Waals surface area contributed by atoms with Gasteiger partial charge in [-0.3, -0.25) is 9.59 Å². The van der Waals surface area contributed by atoms with E-state index in [1.54, 1.807) is 12.3 Å². The first kappa shape index (κ1) is 25.5. The molecule has 5 rings (SSSR count). The predicted octanol–water partition coefficient (Wildman–Crippen LogP) is 6.16. The van der Waals surface area contributed by atoms with Gasteiger partial charge in [0.05, 0.1) is 5.69 Å². The second-order valence-corrected chi connectivity index (χ2v) is 10.7. The molecule has 0 unspecified atom stereocenters. The number of para-hydroxylation sites is 1. The van der Waals surface area contributed by atoms with Crippen LogP contribution in [-0.2, 0) is 6.73 Å². The fourth-order valence-corrected chi connectivity index (χ4v) is 5.79. The number of fused-ring (bicyclic) bond motifs is 1. The van der Waals surface area contributed by atoms with Gasteiger partial charge in [0.1, 0.15) is 21.2 Å². The molecule has 0 spiro atoms. The Balaban J connectivity index is 1.50. The van der Waals surface area contributed by atoms with Gasteiger partial charge in [-0.25, -0.2) is 18.4 Å². The van der Waals surface area contributed by atoms with Crippen molar-refractivity contribution in [2.45, 2.75) is 27.0 Å². The van der Waals surface area contributed by atoms with Crippen LogP contribution in [0.2, 0.25) is 0 Å². The molecule has 1 aromatic carbocycles. The average molecular weight is 554 g/mol. The van der Waals surface area contributed by atoms with E-state index >= 15 is 0 Å². The van der Waals surface area contributed by atoms with E-state index in [0.29, 0.717) is 21.6 Å². The summed E-state index contributed by atoms with van der Waals surface area (Å²) in [5.41, 5.74) is 6.75. The van der Waals surface area contributed by atoms with Crippen molar-refractivity contribution in [1.29, 1.82) is 0 Å². The van der Waals surface area contributed by atoms with Gasteiger partial charge in [0.25, 0.3) is 18.2 Å². The largest absolute Gasteiger partial charge is 0.471 e. The van der Waals surface area contributed by atoms with Gasteiger partial charge in [-0.15, -0.1) is 22.7 Å². The number of amides is 2. The molecule has 3 N–H and O–H groups in total. The van der Waals surface area contributed by atoms with E-state index in [1.807, 2.05) is 44.2 Å². The SMILES string of the molecule is Cc1ccc(-c2cc(C(F)F)nc3sc(C(N)=O)c(NC(=O)c4ccn(COc5ccccc5C)n4)c23)s1. The molecule has 8 nitrogen and oxygen atoms in total. The molecule has 4 aromatic heterocycles. The number of carbonyl (C=O) groups is 2. The Kier molecular flexibility index (Phi) is 6.91. The number of nitrogens with one attached hydrogen (secondary N) is 1. The number of primary amides is 1. The van der Waals surface area contributed by atoms with Crippen molar-refractivity contribution in [1.82, 2.24) is 14.8 Å². The lowest BCUT2D eigenvalue weighted by Gasteiger charge is -2.10. The van der Waals surface area contributed by atoms with E-state index in [-0.39, 0.29) is 27.8 Å². The zero-order valence-electron chi connectivity index (χ0n) is 20.2. The molecule has 0 bridgehead atoms. The minimum Gasteiger partial charge on any atom is -0.471 e. The van der Waals surface area contributed by atoms with Crippen LogP contribution in [0.4, 0.5) is 14.5 Å². The maximum atomic E-state index is 13.7. The third-order valence-electron chi connectivity index (χ3n) is 5.69. The minimum atomic E-state index is -2.82. The predicted molar refractivity (Wildman–Crippen MR) is 143 cm³/mol. The number of thiophene rings is 2. The van der Waals surface area contributed by atoms with Crippen molar-refractivity contribution in [2.24, 2.45) is 5.73 Å². The zero-order chi connectivity index (χ0) is 27.0. The van der Waals surface area contributed by atoms with E-state index < -0.39 is 23.9 Å². The number of hydrogen-bond acceptors (Lipinski definition) is 7. The highest BCUT2D eigenvalue weighted by Gasteiger charge is 2.26. The second kappa shape index (κ2) is 10.3. The van der Waals surface area contributed by atoms with E-state index in [0.717, 1.165) is 21.8 Å². The lowest BCUT2D eigenvalue weighted by Crippen LogP contribution is -2.18. The molecule has 2 amide bonds. The molecule has 0 atom stereocenters. The molecule has 0 radical (unpaired) electrons. The number of pyridine rings is 1. The van der Waals surface area contributed by atoms with Gasteiger partial charge in [-0.05, 0) is 49.7 Å². The molecule has 38 heavy (non-hydrogen) atoms. The molecule has 0 fully saturated rings. The smallest absolute Gasteiger partial charge is 0.280 e. The summed E-state index contributed by atoms with van der Waals surface area (Å²) < 4.78 is 34.5. The fourth-order valence-electron chi connectivity index (χ4n) is 3.88. The van der Waals surface area contributed by atoms with Gasteiger partial charge in [-0.2, -0.15) is 5.10 Å². The van der Waals surface area contributed by atoms with Crippen molar-refractivity contribution in [3.8, 4) is 16.2 Å². The average Bonchev–Trinajstić information content (AvgIpc) is 3.62. The summed E-state index contributed by atoms with van der Waals surface area (Å²) in [6, 6.07) is 14.0. The first-order valence-electron chi connectivity index (χ1n) is 11.4. The third-order valence-corrected chi connectivity index (χ3v) is 7.82. The first-order valence-corrected chi connectivity index (χ1v) is 13.0. The number of benzene rings is 1. The molecule has 0 aliphatic heterocycles. The van der Waals surface area contributed by atoms with E-state index in [1.165, 1.54) is 28.2 Å². The van der Waals surface area contributed by atoms with Gasteiger partial charge in [-0.1, -0.05) is 18.2 Å². The molecule has 5 aromatic rings. The Morgan fingerprint density at radius 2 is 1.92 bits per heavy atom. The van der Waals surface area contributed by atoms with Crippen molar-refractivity contribution < 1.29 is 23.1 Å². The summed E-state index contributed by atoms with van der Waals surface area (Å²) in [6.45, 7) is 3.89. The summed E-state index contributed by atoms with van der Waals surface area (Å²) in [5, 5.41) is 7.36. The number of nitrogens with zero attached hydrogens (tertiary/aromatic N) is 3. The first-order chi connectivity index (χ1) is 18.2. The molecule has 0 saturated carbocycles. The van der Waals surface area contributed by atoms with Crippen LogP contribution in [0, 0.1) is 13.8 Å². The molecular weight excluding hydrogens is 532 g/mol. The summed E-state index contributed by atoms with van der Waals surface area (Å²) in [4.78, 5) is 31.4. The number of anilines is 1. The quantitative estimate of drug-likeness (QED) is 0.239. The van der Waals surface area contributed by atoms with Gasteiger partial charge >= 0.3 is 0 Å². The molecule has 4 heterocycles. The van der Waals surface area contributed by atoms with Crippen molar-refractivity contribution in [3.63, 3.8) is 0 Å². The lowest BCUT2D eigenvalue weighted by molar-refractivity contribution is 0.100. The highest BCUT2D eigenvalue weighted by Crippen LogP contribution is 2.44. The molecule has 0 saturated heterocycles. The van der Waals surface area contributed by atoms with E-state index in [9.17, 15) is 18.4 Å². The second-order valence-electron chi connectivity index (χ2n) is 8.39. The maximum Gasteiger partial charge on any atom is 0.280 e. The Hall–Kier alpha value is -4.16. The summed E-state index contributed by atoms with van der Waals surface area (Å²) in [7, 11) is 0. The highest BCUT2D eigenvalue weighted by molar-refractivity contribution is 7.21. The van der Waals surface area contributed by atoms with Crippen LogP contribution >= 0.6 is 22.7 Å². The highest BCUT2D eigenvalue weighted by atomic mass is 32.1. The number of nitrogens with two attached hydrogens (primary N) is 1. The number of aryl methyl sites for hydroxylation is 2. The van der Waals surface area contributed by atoms with Crippen LogP contribution in [0.25, 0.3) is 20.7 Å². The number of ether oxygens (including phenoxy) is 1. The van der Waals surface area contributed by atoms with Crippen LogP contribution in [0.5, 0.6) is 5.75 Å². The number of aromatic nitrogens is 3. The molecule has 0 aliphatic carbocycles. The van der Waals surface area contributed by atoms with Crippen LogP contribution in [0.15, 0.2) is 54.7 Å². The van der Waals surface area contributed by atoms with Crippen molar-refractivity contribution in [3.05, 3.63) is 81.4 Å². The van der Waals surface area contributed by atoms with Gasteiger partial charge in [0, 0.05) is 26.9 Å². The molecule has 0 aliphatic rings. The van der Waals surface area contributed by atoms with Gasteiger partial charge < -0.3 is 15.8 Å². The van der Waals surface area contributed by atoms with Gasteiger partial charge in [0.15, 0.2) is 12.4 Å². The third kappa shape index (κ3) is 5.00. The number of alkyl halides is 2. The number of carbonyl (C=O) groups excluding carboxylic acids is 2. The molecule has 194 valence electrons. The van der Waals surface area contributed by atoms with E-state index in [4.69, 9.17) is 10.5 Å². The summed E-state index contributed by atoms with van der Waals surface area (Å²) >= 11 is 2.25.